The van der Waals surface area contributed by atoms with E-state index in [1.165, 1.54) is 0 Å². The van der Waals surface area contributed by atoms with Crippen molar-refractivity contribution < 1.29 is 14.6 Å². The van der Waals surface area contributed by atoms with Crippen molar-refractivity contribution in [3.05, 3.63) is 54.6 Å². The van der Waals surface area contributed by atoms with Crippen molar-refractivity contribution in [2.24, 2.45) is 13.0 Å². The molecule has 1 saturated carbocycles. The maximum Gasteiger partial charge on any atom is 0.306 e. The Morgan fingerprint density at radius 1 is 1.20 bits per heavy atom. The number of carboxylic acid groups (broad SMARTS) is 1. The maximum atomic E-state index is 9.76. The fourth-order valence-electron chi connectivity index (χ4n) is 2.79. The van der Waals surface area contributed by atoms with Gasteiger partial charge in [-0.05, 0) is 49.2 Å². The van der Waals surface area contributed by atoms with Crippen LogP contribution in [0.15, 0.2) is 48.8 Å². The number of pyridine rings is 1. The number of aryl methyl sites for hydroxylation is 1. The first-order chi connectivity index (χ1) is 14.5. The Hall–Kier alpha value is -3.95. The molecule has 30 heavy (non-hydrogen) atoms. The van der Waals surface area contributed by atoms with Gasteiger partial charge in [0.1, 0.15) is 18.7 Å². The lowest BCUT2D eigenvalue weighted by atomic mass is 10.1. The van der Waals surface area contributed by atoms with E-state index in [0.717, 1.165) is 29.8 Å². The number of carboxylic acids is 1. The van der Waals surface area contributed by atoms with Crippen molar-refractivity contribution in [3.63, 3.8) is 0 Å². The van der Waals surface area contributed by atoms with Gasteiger partial charge in [-0.1, -0.05) is 6.07 Å². The van der Waals surface area contributed by atoms with Gasteiger partial charge in [0, 0.05) is 12.6 Å². The SMILES string of the molecule is Cn1cnc(COc2ccc(-c3cccc4nc(N)nn34)cc2)n1.O=C(O)C1CC1. The van der Waals surface area contributed by atoms with E-state index in [1.54, 1.807) is 15.5 Å². The lowest BCUT2D eigenvalue weighted by molar-refractivity contribution is -0.138. The molecule has 0 spiro atoms. The number of benzene rings is 1. The van der Waals surface area contributed by atoms with Gasteiger partial charge < -0.3 is 15.6 Å². The van der Waals surface area contributed by atoms with Gasteiger partial charge in [0.2, 0.25) is 5.95 Å². The summed E-state index contributed by atoms with van der Waals surface area (Å²) in [6.07, 6.45) is 3.44. The Morgan fingerprint density at radius 2 is 1.97 bits per heavy atom. The van der Waals surface area contributed by atoms with Crippen LogP contribution in [0.5, 0.6) is 5.75 Å². The second-order valence-corrected chi connectivity index (χ2v) is 6.91. The number of nitrogen functional groups attached to an aromatic ring is 1. The molecule has 10 heteroatoms. The van der Waals surface area contributed by atoms with Crippen LogP contribution in [0, 0.1) is 5.92 Å². The third kappa shape index (κ3) is 4.54. The van der Waals surface area contributed by atoms with Crippen LogP contribution in [0.2, 0.25) is 0 Å². The molecule has 4 aromatic rings. The highest BCUT2D eigenvalue weighted by atomic mass is 16.5. The number of ether oxygens (including phenoxy) is 1. The number of nitrogens with zero attached hydrogens (tertiary/aromatic N) is 6. The van der Waals surface area contributed by atoms with Crippen LogP contribution < -0.4 is 10.5 Å². The monoisotopic (exact) mass is 407 g/mol. The minimum Gasteiger partial charge on any atom is -0.486 e. The molecule has 0 bridgehead atoms. The summed E-state index contributed by atoms with van der Waals surface area (Å²) in [4.78, 5) is 18.1. The second-order valence-electron chi connectivity index (χ2n) is 6.91. The van der Waals surface area contributed by atoms with Crippen molar-refractivity contribution in [3.8, 4) is 17.0 Å². The first-order valence-electron chi connectivity index (χ1n) is 9.41. The molecule has 1 aromatic carbocycles. The first-order valence-corrected chi connectivity index (χ1v) is 9.41. The predicted molar refractivity (Wildman–Crippen MR) is 109 cm³/mol. The average Bonchev–Trinajstić information content (AvgIpc) is 3.41. The molecule has 1 aliphatic rings. The Kier molecular flexibility index (Phi) is 5.29. The largest absolute Gasteiger partial charge is 0.486 e. The molecule has 3 aromatic heterocycles. The van der Waals surface area contributed by atoms with Crippen molar-refractivity contribution in [2.45, 2.75) is 19.4 Å². The molecule has 1 fully saturated rings. The molecular weight excluding hydrogens is 386 g/mol. The van der Waals surface area contributed by atoms with Crippen LogP contribution in [-0.4, -0.2) is 40.4 Å². The van der Waals surface area contributed by atoms with E-state index >= 15 is 0 Å². The Labute approximate surface area is 171 Å². The van der Waals surface area contributed by atoms with Gasteiger partial charge in [-0.15, -0.1) is 5.10 Å². The number of carbonyl (C=O) groups is 1. The quantitative estimate of drug-likeness (QED) is 0.514. The zero-order chi connectivity index (χ0) is 21.1. The summed E-state index contributed by atoms with van der Waals surface area (Å²) in [5, 5.41) is 16.5. The first kappa shape index (κ1) is 19.4. The zero-order valence-electron chi connectivity index (χ0n) is 16.3. The van der Waals surface area contributed by atoms with E-state index in [2.05, 4.69) is 20.2 Å². The lowest BCUT2D eigenvalue weighted by Crippen LogP contribution is -1.99. The molecule has 0 unspecified atom stereocenters. The minimum absolute atomic E-state index is 0.0185. The molecule has 0 saturated heterocycles. The van der Waals surface area contributed by atoms with Gasteiger partial charge in [0.05, 0.1) is 11.6 Å². The molecule has 0 aliphatic heterocycles. The number of rotatable bonds is 5. The van der Waals surface area contributed by atoms with E-state index < -0.39 is 5.97 Å². The summed E-state index contributed by atoms with van der Waals surface area (Å²) in [5.41, 5.74) is 8.30. The van der Waals surface area contributed by atoms with E-state index in [4.69, 9.17) is 15.6 Å². The normalized spacial score (nSPS) is 13.0. The molecule has 154 valence electrons. The molecule has 1 aliphatic carbocycles. The van der Waals surface area contributed by atoms with Gasteiger partial charge in [-0.25, -0.2) is 9.50 Å². The topological polar surface area (TPSA) is 133 Å². The summed E-state index contributed by atoms with van der Waals surface area (Å²) in [6.45, 7) is 0.329. The highest BCUT2D eigenvalue weighted by molar-refractivity contribution is 5.72. The van der Waals surface area contributed by atoms with Crippen LogP contribution in [-0.2, 0) is 18.4 Å². The summed E-state index contributed by atoms with van der Waals surface area (Å²) in [5.74, 6) is 1.03. The van der Waals surface area contributed by atoms with E-state index in [-0.39, 0.29) is 11.9 Å². The Morgan fingerprint density at radius 3 is 2.57 bits per heavy atom. The van der Waals surface area contributed by atoms with Crippen LogP contribution in [0.4, 0.5) is 5.95 Å². The molecule has 3 heterocycles. The third-order valence-electron chi connectivity index (χ3n) is 4.47. The smallest absolute Gasteiger partial charge is 0.306 e. The van der Waals surface area contributed by atoms with Crippen LogP contribution in [0.25, 0.3) is 16.9 Å². The molecule has 3 N–H and O–H groups in total. The van der Waals surface area contributed by atoms with E-state index in [1.807, 2.05) is 49.5 Å². The van der Waals surface area contributed by atoms with Gasteiger partial charge in [-0.2, -0.15) is 10.1 Å². The molecule has 0 radical (unpaired) electrons. The van der Waals surface area contributed by atoms with Crippen molar-refractivity contribution in [1.82, 2.24) is 29.4 Å². The zero-order valence-corrected chi connectivity index (χ0v) is 16.3. The number of aromatic nitrogens is 6. The molecule has 5 rings (SSSR count). The fraction of sp³-hybridized carbons (Fsp3) is 0.250. The number of hydrogen-bond acceptors (Lipinski definition) is 7. The van der Waals surface area contributed by atoms with Crippen molar-refractivity contribution in [2.75, 3.05) is 5.73 Å². The lowest BCUT2D eigenvalue weighted by Gasteiger charge is -2.07. The van der Waals surface area contributed by atoms with Crippen molar-refractivity contribution in [1.29, 1.82) is 0 Å². The number of aliphatic carboxylic acids is 1. The fourth-order valence-corrected chi connectivity index (χ4v) is 2.79. The van der Waals surface area contributed by atoms with Crippen LogP contribution >= 0.6 is 0 Å². The van der Waals surface area contributed by atoms with E-state index in [0.29, 0.717) is 18.1 Å². The summed E-state index contributed by atoms with van der Waals surface area (Å²) in [7, 11) is 1.82. The number of fused-ring (bicyclic) bond motifs is 1. The third-order valence-corrected chi connectivity index (χ3v) is 4.47. The predicted octanol–water partition coefficient (Wildman–Crippen LogP) is 2.17. The Balaban J connectivity index is 0.000000313. The second kappa shape index (κ2) is 8.19. The number of nitrogens with two attached hydrogens (primary N) is 1. The van der Waals surface area contributed by atoms with Crippen LogP contribution in [0.1, 0.15) is 18.7 Å². The summed E-state index contributed by atoms with van der Waals surface area (Å²) >= 11 is 0. The summed E-state index contributed by atoms with van der Waals surface area (Å²) in [6, 6.07) is 13.5. The summed E-state index contributed by atoms with van der Waals surface area (Å²) < 4.78 is 9.07. The van der Waals surface area contributed by atoms with Crippen molar-refractivity contribution >= 4 is 17.6 Å². The van der Waals surface area contributed by atoms with Gasteiger partial charge in [0.15, 0.2) is 11.5 Å². The molecule has 0 atom stereocenters. The van der Waals surface area contributed by atoms with E-state index in [9.17, 15) is 4.79 Å². The molecular formula is C20H21N7O3. The van der Waals surface area contributed by atoms with Crippen LogP contribution in [0.3, 0.4) is 0 Å². The van der Waals surface area contributed by atoms with Gasteiger partial charge in [-0.3, -0.25) is 9.48 Å². The molecule has 10 nitrogen and oxygen atoms in total. The highest BCUT2D eigenvalue weighted by Gasteiger charge is 2.28. The standard InChI is InChI=1S/C16H15N7O.C4H6O2/c1-22-10-18-14(20-22)9-24-12-7-5-11(6-8-12)13-3-2-4-15-19-16(17)21-23(13)15;5-4(6)3-1-2-3/h2-8,10H,9H2,1H3,(H2,17,21);3H,1-2H2,(H,5,6). The molecule has 0 amide bonds. The van der Waals surface area contributed by atoms with Gasteiger partial charge >= 0.3 is 5.97 Å². The number of hydrogen-bond donors (Lipinski definition) is 2. The minimum atomic E-state index is -0.630. The number of anilines is 1. The highest BCUT2D eigenvalue weighted by Crippen LogP contribution is 2.28. The Bertz CT molecular complexity index is 1160. The maximum absolute atomic E-state index is 9.76. The average molecular weight is 407 g/mol. The van der Waals surface area contributed by atoms with Gasteiger partial charge in [0.25, 0.3) is 0 Å².